The van der Waals surface area contributed by atoms with E-state index in [0.29, 0.717) is 39.0 Å². The Hall–Kier alpha value is -0.650. The number of carbonyl (C=O) groups is 1. The first-order valence-corrected chi connectivity index (χ1v) is 7.49. The largest absolute Gasteiger partial charge is 0.378 e. The molecule has 5 nitrogen and oxygen atoms in total. The van der Waals surface area contributed by atoms with Crippen LogP contribution in [0.1, 0.15) is 32.6 Å². The Balaban J connectivity index is 1.62. The third kappa shape index (κ3) is 4.75. The fraction of sp³-hybridized carbons (Fsp3) is 0.929. The van der Waals surface area contributed by atoms with Crippen LogP contribution in [-0.4, -0.2) is 62.4 Å². The van der Waals surface area contributed by atoms with Gasteiger partial charge in [0.2, 0.25) is 0 Å². The third-order valence-electron chi connectivity index (χ3n) is 3.92. The number of nitrogens with one attached hydrogen (secondary N) is 1. The molecule has 5 heteroatoms. The number of hydrogen-bond acceptors (Lipinski definition) is 4. The summed E-state index contributed by atoms with van der Waals surface area (Å²) in [6, 6.07) is 0.569. The minimum absolute atomic E-state index is 0.0971. The summed E-state index contributed by atoms with van der Waals surface area (Å²) in [5.74, 6) is 0.0971. The molecule has 0 aliphatic carbocycles. The topological polar surface area (TPSA) is 50.8 Å². The zero-order valence-corrected chi connectivity index (χ0v) is 11.9. The van der Waals surface area contributed by atoms with Crippen molar-refractivity contribution in [2.24, 2.45) is 0 Å². The molecule has 2 fully saturated rings. The summed E-state index contributed by atoms with van der Waals surface area (Å²) in [4.78, 5) is 14.0. The summed E-state index contributed by atoms with van der Waals surface area (Å²) in [7, 11) is 0. The SMILES string of the molecule is CC(OCCC1CCCCN1)C(=O)N1CCOCC1. The summed E-state index contributed by atoms with van der Waals surface area (Å²) in [6.07, 6.45) is 4.49. The molecule has 19 heavy (non-hydrogen) atoms. The van der Waals surface area contributed by atoms with Crippen LogP contribution < -0.4 is 5.32 Å². The maximum atomic E-state index is 12.1. The monoisotopic (exact) mass is 270 g/mol. The number of piperidine rings is 1. The number of rotatable bonds is 5. The average Bonchev–Trinajstić information content (AvgIpc) is 2.48. The zero-order chi connectivity index (χ0) is 13.5. The number of carbonyl (C=O) groups excluding carboxylic acids is 1. The Kier molecular flexibility index (Phi) is 6.07. The molecule has 2 aliphatic heterocycles. The van der Waals surface area contributed by atoms with Gasteiger partial charge in [-0.15, -0.1) is 0 Å². The van der Waals surface area contributed by atoms with Gasteiger partial charge in [0, 0.05) is 25.7 Å². The summed E-state index contributed by atoms with van der Waals surface area (Å²) in [5, 5.41) is 3.49. The van der Waals surface area contributed by atoms with Crippen molar-refractivity contribution in [2.75, 3.05) is 39.5 Å². The molecule has 110 valence electrons. The van der Waals surface area contributed by atoms with Crippen LogP contribution in [0.2, 0.25) is 0 Å². The summed E-state index contributed by atoms with van der Waals surface area (Å²) in [5.41, 5.74) is 0. The molecule has 1 amide bonds. The van der Waals surface area contributed by atoms with Crippen molar-refractivity contribution < 1.29 is 14.3 Å². The first-order chi connectivity index (χ1) is 9.27. The van der Waals surface area contributed by atoms with E-state index < -0.39 is 0 Å². The van der Waals surface area contributed by atoms with Gasteiger partial charge in [0.05, 0.1) is 13.2 Å². The molecule has 0 radical (unpaired) electrons. The second-order valence-electron chi connectivity index (χ2n) is 5.39. The summed E-state index contributed by atoms with van der Waals surface area (Å²) >= 11 is 0. The van der Waals surface area contributed by atoms with Crippen molar-refractivity contribution in [3.63, 3.8) is 0 Å². The number of amides is 1. The van der Waals surface area contributed by atoms with Crippen molar-refractivity contribution in [1.29, 1.82) is 0 Å². The van der Waals surface area contributed by atoms with Gasteiger partial charge in [-0.2, -0.15) is 0 Å². The van der Waals surface area contributed by atoms with Crippen LogP contribution in [0.25, 0.3) is 0 Å². The molecule has 0 aromatic carbocycles. The molecular formula is C14H26N2O3. The highest BCUT2D eigenvalue weighted by Gasteiger charge is 2.23. The van der Waals surface area contributed by atoms with Gasteiger partial charge in [-0.3, -0.25) is 4.79 Å². The lowest BCUT2D eigenvalue weighted by atomic mass is 10.0. The second kappa shape index (κ2) is 7.82. The molecule has 0 aromatic rings. The first-order valence-electron chi connectivity index (χ1n) is 7.49. The number of morpholine rings is 1. The van der Waals surface area contributed by atoms with E-state index in [1.807, 2.05) is 11.8 Å². The maximum absolute atomic E-state index is 12.1. The van der Waals surface area contributed by atoms with Gasteiger partial charge in [0.25, 0.3) is 5.91 Å². The van der Waals surface area contributed by atoms with Crippen LogP contribution in [0, 0.1) is 0 Å². The van der Waals surface area contributed by atoms with Crippen molar-refractivity contribution >= 4 is 5.91 Å². The zero-order valence-electron chi connectivity index (χ0n) is 11.9. The summed E-state index contributed by atoms with van der Waals surface area (Å²) in [6.45, 7) is 6.30. The molecule has 0 aromatic heterocycles. The molecule has 0 bridgehead atoms. The number of ether oxygens (including phenoxy) is 2. The van der Waals surface area contributed by atoms with Gasteiger partial charge >= 0.3 is 0 Å². The van der Waals surface area contributed by atoms with E-state index in [0.717, 1.165) is 13.0 Å². The van der Waals surface area contributed by atoms with Crippen molar-refractivity contribution in [2.45, 2.75) is 44.8 Å². The molecule has 1 N–H and O–H groups in total. The molecule has 2 atom stereocenters. The van der Waals surface area contributed by atoms with E-state index in [-0.39, 0.29) is 12.0 Å². The number of hydrogen-bond donors (Lipinski definition) is 1. The Bertz CT molecular complexity index is 274. The molecule has 0 saturated carbocycles. The van der Waals surface area contributed by atoms with E-state index in [4.69, 9.17) is 9.47 Å². The third-order valence-corrected chi connectivity index (χ3v) is 3.92. The van der Waals surface area contributed by atoms with E-state index >= 15 is 0 Å². The normalized spacial score (nSPS) is 26.2. The highest BCUT2D eigenvalue weighted by molar-refractivity contribution is 5.80. The standard InChI is InChI=1S/C14H26N2O3/c1-12(14(17)16-7-10-18-11-8-16)19-9-5-13-4-2-3-6-15-13/h12-13,15H,2-11H2,1H3. The van der Waals surface area contributed by atoms with Crippen LogP contribution >= 0.6 is 0 Å². The maximum Gasteiger partial charge on any atom is 0.251 e. The predicted molar refractivity (Wildman–Crippen MR) is 73.1 cm³/mol. The van der Waals surface area contributed by atoms with Gasteiger partial charge in [0.15, 0.2) is 0 Å². The fourth-order valence-electron chi connectivity index (χ4n) is 2.67. The van der Waals surface area contributed by atoms with Crippen LogP contribution in [0.5, 0.6) is 0 Å². The van der Waals surface area contributed by atoms with E-state index in [2.05, 4.69) is 5.32 Å². The van der Waals surface area contributed by atoms with Crippen molar-refractivity contribution in [3.05, 3.63) is 0 Å². The average molecular weight is 270 g/mol. The van der Waals surface area contributed by atoms with E-state index in [1.165, 1.54) is 19.3 Å². The molecule has 2 rings (SSSR count). The number of nitrogens with zero attached hydrogens (tertiary/aromatic N) is 1. The lowest BCUT2D eigenvalue weighted by Crippen LogP contribution is -2.45. The highest BCUT2D eigenvalue weighted by atomic mass is 16.5. The lowest BCUT2D eigenvalue weighted by molar-refractivity contribution is -0.146. The Morgan fingerprint density at radius 3 is 2.89 bits per heavy atom. The first kappa shape index (κ1) is 14.8. The van der Waals surface area contributed by atoms with Crippen LogP contribution in [-0.2, 0) is 14.3 Å². The van der Waals surface area contributed by atoms with E-state index in [1.54, 1.807) is 0 Å². The Morgan fingerprint density at radius 2 is 2.21 bits per heavy atom. The molecule has 2 aliphatic rings. The van der Waals surface area contributed by atoms with Crippen molar-refractivity contribution in [3.8, 4) is 0 Å². The van der Waals surface area contributed by atoms with E-state index in [9.17, 15) is 4.79 Å². The second-order valence-corrected chi connectivity index (χ2v) is 5.39. The Morgan fingerprint density at radius 1 is 1.42 bits per heavy atom. The lowest BCUT2D eigenvalue weighted by Gasteiger charge is -2.29. The fourth-order valence-corrected chi connectivity index (χ4v) is 2.67. The molecule has 0 spiro atoms. The minimum atomic E-state index is -0.332. The van der Waals surface area contributed by atoms with Crippen molar-refractivity contribution in [1.82, 2.24) is 10.2 Å². The van der Waals surface area contributed by atoms with Gasteiger partial charge in [-0.05, 0) is 32.7 Å². The minimum Gasteiger partial charge on any atom is -0.378 e. The quantitative estimate of drug-likeness (QED) is 0.802. The predicted octanol–water partition coefficient (Wildman–Crippen LogP) is 0.783. The van der Waals surface area contributed by atoms with Gasteiger partial charge in [0.1, 0.15) is 6.10 Å². The van der Waals surface area contributed by atoms with Gasteiger partial charge in [-0.1, -0.05) is 6.42 Å². The molecule has 2 saturated heterocycles. The van der Waals surface area contributed by atoms with Gasteiger partial charge < -0.3 is 19.7 Å². The van der Waals surface area contributed by atoms with Crippen LogP contribution in [0.15, 0.2) is 0 Å². The summed E-state index contributed by atoms with van der Waals surface area (Å²) < 4.78 is 10.9. The molecule has 2 heterocycles. The highest BCUT2D eigenvalue weighted by Crippen LogP contribution is 2.11. The van der Waals surface area contributed by atoms with Crippen LogP contribution in [0.4, 0.5) is 0 Å². The molecule has 2 unspecified atom stereocenters. The molecular weight excluding hydrogens is 244 g/mol. The Labute approximate surface area is 115 Å². The van der Waals surface area contributed by atoms with Crippen LogP contribution in [0.3, 0.4) is 0 Å². The smallest absolute Gasteiger partial charge is 0.251 e. The van der Waals surface area contributed by atoms with Gasteiger partial charge in [-0.25, -0.2) is 0 Å².